The Morgan fingerprint density at radius 3 is 2.50 bits per heavy atom. The number of morpholine rings is 1. The van der Waals surface area contributed by atoms with Crippen LogP contribution in [0, 0.1) is 11.6 Å². The summed E-state index contributed by atoms with van der Waals surface area (Å²) in [5.74, 6) is -1.55. The van der Waals surface area contributed by atoms with E-state index in [0.717, 1.165) is 18.2 Å². The van der Waals surface area contributed by atoms with Gasteiger partial charge in [0.2, 0.25) is 15.9 Å². The third kappa shape index (κ3) is 3.53. The van der Waals surface area contributed by atoms with Crippen LogP contribution in [0.5, 0.6) is 0 Å². The molecular formula is C18H15F2N3O4S. The van der Waals surface area contributed by atoms with Gasteiger partial charge in [0.1, 0.15) is 11.6 Å². The Labute approximate surface area is 159 Å². The highest BCUT2D eigenvalue weighted by Crippen LogP contribution is 2.28. The zero-order chi connectivity index (χ0) is 19.7. The van der Waals surface area contributed by atoms with Crippen molar-refractivity contribution in [1.82, 2.24) is 14.5 Å². The summed E-state index contributed by atoms with van der Waals surface area (Å²) in [4.78, 5) is 0.0728. The highest BCUT2D eigenvalue weighted by Gasteiger charge is 2.27. The summed E-state index contributed by atoms with van der Waals surface area (Å²) >= 11 is 0. The molecule has 1 aliphatic rings. The highest BCUT2D eigenvalue weighted by atomic mass is 32.2. The minimum absolute atomic E-state index is 0.00214. The Morgan fingerprint density at radius 2 is 1.71 bits per heavy atom. The Morgan fingerprint density at radius 1 is 0.964 bits per heavy atom. The highest BCUT2D eigenvalue weighted by molar-refractivity contribution is 7.89. The van der Waals surface area contributed by atoms with E-state index in [2.05, 4.69) is 10.2 Å². The molecule has 3 aromatic rings. The largest absolute Gasteiger partial charge is 0.416 e. The van der Waals surface area contributed by atoms with Gasteiger partial charge in [-0.05, 0) is 36.4 Å². The van der Waals surface area contributed by atoms with E-state index >= 15 is 0 Å². The van der Waals surface area contributed by atoms with Crippen molar-refractivity contribution in [2.75, 3.05) is 26.3 Å². The fourth-order valence-electron chi connectivity index (χ4n) is 2.84. The van der Waals surface area contributed by atoms with Gasteiger partial charge in [0, 0.05) is 18.7 Å². The molecule has 0 spiro atoms. The maximum atomic E-state index is 13.9. The average Bonchev–Trinajstić information content (AvgIpc) is 3.21. The second-order valence-corrected chi connectivity index (χ2v) is 8.02. The van der Waals surface area contributed by atoms with Crippen molar-refractivity contribution in [2.24, 2.45) is 0 Å². The van der Waals surface area contributed by atoms with Crippen LogP contribution in [0.2, 0.25) is 0 Å². The summed E-state index contributed by atoms with van der Waals surface area (Å²) in [5.41, 5.74) is 0.181. The number of hydrogen-bond donors (Lipinski definition) is 0. The van der Waals surface area contributed by atoms with Gasteiger partial charge < -0.3 is 9.15 Å². The number of nitrogens with zero attached hydrogens (tertiary/aromatic N) is 3. The van der Waals surface area contributed by atoms with Crippen molar-refractivity contribution in [1.29, 1.82) is 0 Å². The quantitative estimate of drug-likeness (QED) is 0.661. The third-order valence-corrected chi connectivity index (χ3v) is 6.17. The summed E-state index contributed by atoms with van der Waals surface area (Å²) < 4.78 is 64.9. The molecule has 4 rings (SSSR count). The van der Waals surface area contributed by atoms with Gasteiger partial charge in [-0.2, -0.15) is 4.31 Å². The molecule has 0 radical (unpaired) electrons. The number of rotatable bonds is 4. The van der Waals surface area contributed by atoms with E-state index in [-0.39, 0.29) is 35.3 Å². The monoisotopic (exact) mass is 407 g/mol. The van der Waals surface area contributed by atoms with E-state index in [1.165, 1.54) is 16.4 Å². The molecule has 0 amide bonds. The SMILES string of the molecule is O=S(=O)(c1cccc(-c2nnc(-c3cc(F)ccc3F)o2)c1)N1CCOCC1. The molecule has 0 saturated carbocycles. The lowest BCUT2D eigenvalue weighted by Gasteiger charge is -2.26. The molecule has 0 unspecified atom stereocenters. The van der Waals surface area contributed by atoms with Crippen molar-refractivity contribution in [2.45, 2.75) is 4.90 Å². The van der Waals surface area contributed by atoms with E-state index in [1.54, 1.807) is 12.1 Å². The maximum absolute atomic E-state index is 13.9. The molecule has 0 bridgehead atoms. The maximum Gasteiger partial charge on any atom is 0.251 e. The zero-order valence-corrected chi connectivity index (χ0v) is 15.3. The second-order valence-electron chi connectivity index (χ2n) is 6.08. The summed E-state index contributed by atoms with van der Waals surface area (Å²) in [7, 11) is -3.70. The molecule has 28 heavy (non-hydrogen) atoms. The molecule has 1 aromatic heterocycles. The van der Waals surface area contributed by atoms with E-state index in [0.29, 0.717) is 18.8 Å². The van der Waals surface area contributed by atoms with Crippen LogP contribution in [-0.4, -0.2) is 49.2 Å². The van der Waals surface area contributed by atoms with Gasteiger partial charge >= 0.3 is 0 Å². The number of hydrogen-bond acceptors (Lipinski definition) is 6. The molecule has 7 nitrogen and oxygen atoms in total. The number of ether oxygens (including phenoxy) is 1. The van der Waals surface area contributed by atoms with Gasteiger partial charge in [-0.1, -0.05) is 6.07 Å². The van der Waals surface area contributed by atoms with Gasteiger partial charge in [0.05, 0.1) is 23.7 Å². The normalized spacial score (nSPS) is 15.6. The third-order valence-electron chi connectivity index (χ3n) is 4.27. The molecule has 1 saturated heterocycles. The predicted molar refractivity (Wildman–Crippen MR) is 94.7 cm³/mol. The fourth-order valence-corrected chi connectivity index (χ4v) is 4.29. The minimum atomic E-state index is -3.70. The molecule has 2 aromatic carbocycles. The first-order valence-electron chi connectivity index (χ1n) is 8.42. The van der Waals surface area contributed by atoms with Crippen molar-refractivity contribution in [3.05, 3.63) is 54.1 Å². The summed E-state index contributed by atoms with van der Waals surface area (Å²) in [6.45, 7) is 1.22. The molecule has 1 fully saturated rings. The molecule has 0 aliphatic carbocycles. The van der Waals surface area contributed by atoms with Crippen LogP contribution in [0.4, 0.5) is 8.78 Å². The van der Waals surface area contributed by atoms with E-state index < -0.39 is 21.7 Å². The van der Waals surface area contributed by atoms with Crippen molar-refractivity contribution in [3.63, 3.8) is 0 Å². The lowest BCUT2D eigenvalue weighted by Crippen LogP contribution is -2.40. The Balaban J connectivity index is 1.67. The standard InChI is InChI=1S/C18H15F2N3O4S/c19-13-4-5-16(20)15(11-13)18-22-21-17(27-18)12-2-1-3-14(10-12)28(24,25)23-6-8-26-9-7-23/h1-5,10-11H,6-9H2. The van der Waals surface area contributed by atoms with Crippen LogP contribution in [0.15, 0.2) is 51.8 Å². The summed E-state index contributed by atoms with van der Waals surface area (Å²) in [6.07, 6.45) is 0. The Kier molecular flexibility index (Phi) is 4.92. The number of halogens is 2. The Bertz CT molecular complexity index is 1110. The van der Waals surface area contributed by atoms with Gasteiger partial charge in [-0.3, -0.25) is 0 Å². The average molecular weight is 407 g/mol. The smallest absolute Gasteiger partial charge is 0.251 e. The summed E-state index contributed by atoms with van der Waals surface area (Å²) in [6, 6.07) is 8.92. The molecule has 10 heteroatoms. The molecule has 1 aliphatic heterocycles. The van der Waals surface area contributed by atoms with Crippen LogP contribution in [0.25, 0.3) is 22.9 Å². The van der Waals surface area contributed by atoms with Crippen LogP contribution >= 0.6 is 0 Å². The van der Waals surface area contributed by atoms with Gasteiger partial charge in [-0.15, -0.1) is 10.2 Å². The van der Waals surface area contributed by atoms with E-state index in [9.17, 15) is 17.2 Å². The topological polar surface area (TPSA) is 85.5 Å². The van der Waals surface area contributed by atoms with E-state index in [1.807, 2.05) is 0 Å². The minimum Gasteiger partial charge on any atom is -0.416 e. The first kappa shape index (κ1) is 18.7. The van der Waals surface area contributed by atoms with Gasteiger partial charge in [0.25, 0.3) is 5.89 Å². The first-order chi connectivity index (χ1) is 13.4. The zero-order valence-electron chi connectivity index (χ0n) is 14.5. The van der Waals surface area contributed by atoms with Crippen LogP contribution in [0.1, 0.15) is 0 Å². The number of aromatic nitrogens is 2. The van der Waals surface area contributed by atoms with Crippen molar-refractivity contribution in [3.8, 4) is 22.9 Å². The molecule has 0 N–H and O–H groups in total. The fraction of sp³-hybridized carbons (Fsp3) is 0.222. The lowest BCUT2D eigenvalue weighted by molar-refractivity contribution is 0.0730. The number of sulfonamides is 1. The van der Waals surface area contributed by atoms with E-state index in [4.69, 9.17) is 9.15 Å². The van der Waals surface area contributed by atoms with Crippen LogP contribution in [-0.2, 0) is 14.8 Å². The molecule has 2 heterocycles. The first-order valence-corrected chi connectivity index (χ1v) is 9.86. The molecular weight excluding hydrogens is 392 g/mol. The van der Waals surface area contributed by atoms with Crippen molar-refractivity contribution >= 4 is 10.0 Å². The number of benzene rings is 2. The Hall–Kier alpha value is -2.69. The predicted octanol–water partition coefficient (Wildman–Crippen LogP) is 2.70. The van der Waals surface area contributed by atoms with Gasteiger partial charge in [0.15, 0.2) is 0 Å². The summed E-state index contributed by atoms with van der Waals surface area (Å²) in [5, 5.41) is 7.58. The molecule has 146 valence electrons. The van der Waals surface area contributed by atoms with Crippen LogP contribution in [0.3, 0.4) is 0 Å². The lowest BCUT2D eigenvalue weighted by atomic mass is 10.2. The molecule has 0 atom stereocenters. The van der Waals surface area contributed by atoms with Gasteiger partial charge in [-0.25, -0.2) is 17.2 Å². The van der Waals surface area contributed by atoms with Crippen molar-refractivity contribution < 1.29 is 26.4 Å². The van der Waals surface area contributed by atoms with Crippen LogP contribution < -0.4 is 0 Å². The second kappa shape index (κ2) is 7.38.